The van der Waals surface area contributed by atoms with Crippen LogP contribution in [0, 0.1) is 11.3 Å². The molecule has 1 aliphatic rings. The van der Waals surface area contributed by atoms with Crippen LogP contribution in [0.5, 0.6) is 0 Å². The summed E-state index contributed by atoms with van der Waals surface area (Å²) in [6.45, 7) is 0. The summed E-state index contributed by atoms with van der Waals surface area (Å²) in [6.07, 6.45) is 6.59. The first kappa shape index (κ1) is 50.1. The van der Waals surface area contributed by atoms with E-state index < -0.39 is 9.84 Å². The van der Waals surface area contributed by atoms with Crippen LogP contribution in [0.3, 0.4) is 0 Å². The summed E-state index contributed by atoms with van der Waals surface area (Å²) in [4.78, 5) is 15.5. The van der Waals surface area contributed by atoms with Gasteiger partial charge in [0.25, 0.3) is 0 Å². The molecule has 410 valence electrons. The van der Waals surface area contributed by atoms with Crippen LogP contribution in [0.25, 0.3) is 139 Å². The number of nitrogens with zero attached hydrogens (tertiary/aromatic N) is 8. The van der Waals surface area contributed by atoms with Crippen LogP contribution < -0.4 is 0 Å². The second-order valence-electron chi connectivity index (χ2n) is 22.1. The highest BCUT2D eigenvalue weighted by Crippen LogP contribution is 2.51. The molecular weight excluding hydrogens is 1090 g/mol. The first-order valence-electron chi connectivity index (χ1n) is 29.0. The molecule has 16 aromatic rings. The number of para-hydroxylation sites is 4. The highest BCUT2D eigenvalue weighted by Gasteiger charge is 2.30. The van der Waals surface area contributed by atoms with Gasteiger partial charge in [-0.15, -0.1) is 0 Å². The van der Waals surface area contributed by atoms with Crippen molar-refractivity contribution in [1.29, 1.82) is 5.26 Å². The molecule has 0 amide bonds. The van der Waals surface area contributed by atoms with Crippen molar-refractivity contribution in [2.75, 3.05) is 0 Å². The fraction of sp³-hybridized carbons (Fsp3) is 0.0263. The molecule has 0 unspecified atom stereocenters. The molecule has 5 aromatic heterocycles. The highest BCUT2D eigenvalue weighted by atomic mass is 32.2. The van der Waals surface area contributed by atoms with Gasteiger partial charge in [-0.05, 0) is 146 Å². The van der Waals surface area contributed by atoms with Gasteiger partial charge in [0, 0.05) is 82.8 Å². The number of allylic oxidation sites excluding steroid dienone is 1. The molecule has 17 rings (SSSR count). The summed E-state index contributed by atoms with van der Waals surface area (Å²) < 4.78 is 38.1. The Hall–Kier alpha value is -11.5. The summed E-state index contributed by atoms with van der Waals surface area (Å²) in [5.74, 6) is 1.75. The van der Waals surface area contributed by atoms with Gasteiger partial charge in [0.2, 0.25) is 9.84 Å². The fourth-order valence-corrected chi connectivity index (χ4v) is 14.7. The minimum Gasteiger partial charge on any atom is -0.310 e. The van der Waals surface area contributed by atoms with E-state index >= 15 is 0 Å². The van der Waals surface area contributed by atoms with Gasteiger partial charge < -0.3 is 18.3 Å². The standard InChI is InChI=1S/C76H48N8O2S/c77-47-48-31-43-56(44-32-48)87(85,86)57-45-41-55(42-46-57)84-67-30-16-11-25-62(67)70-72-68(61-24-10-15-29-66(61)83(72)54-39-37-52(38-40-54)81-63-26-12-7-21-58(63)59-22-8-13-27-64(59)81)71-69(73(70)84)60-23-9-14-28-65(60)82(71)53-35-33-51(34-36-53)76-79-74(49-17-3-1-4-18-49)78-75(80-76)50-19-5-2-6-20-50/h1-7,9-21,23-46H,8,22H2. The number of hydrogen-bond acceptors (Lipinski definition) is 6. The Bertz CT molecular complexity index is 5620. The van der Waals surface area contributed by atoms with E-state index in [1.807, 2.05) is 72.8 Å². The number of aryl methyl sites for hydroxylation is 1. The Morgan fingerprint density at radius 3 is 1.15 bits per heavy atom. The molecule has 0 N–H and O–H groups in total. The van der Waals surface area contributed by atoms with E-state index in [-0.39, 0.29) is 9.79 Å². The van der Waals surface area contributed by atoms with Crippen LogP contribution in [-0.4, -0.2) is 41.6 Å². The molecule has 0 atom stereocenters. The maximum Gasteiger partial charge on any atom is 0.206 e. The first-order chi connectivity index (χ1) is 42.9. The Kier molecular flexibility index (Phi) is 11.3. The zero-order chi connectivity index (χ0) is 57.9. The predicted molar refractivity (Wildman–Crippen MR) is 350 cm³/mol. The number of sulfone groups is 1. The lowest BCUT2D eigenvalue weighted by Crippen LogP contribution is -2.03. The zero-order valence-electron chi connectivity index (χ0n) is 46.6. The van der Waals surface area contributed by atoms with Gasteiger partial charge in [0.05, 0.1) is 60.0 Å². The smallest absolute Gasteiger partial charge is 0.206 e. The second-order valence-corrected chi connectivity index (χ2v) is 24.1. The Morgan fingerprint density at radius 2 is 0.713 bits per heavy atom. The topological polar surface area (TPSA) is 116 Å². The van der Waals surface area contributed by atoms with Gasteiger partial charge in [-0.25, -0.2) is 23.4 Å². The third-order valence-corrected chi connectivity index (χ3v) is 19.1. The van der Waals surface area contributed by atoms with E-state index in [1.165, 1.54) is 46.4 Å². The largest absolute Gasteiger partial charge is 0.310 e. The van der Waals surface area contributed by atoms with Crippen LogP contribution in [0.1, 0.15) is 23.2 Å². The van der Waals surface area contributed by atoms with Gasteiger partial charge in [-0.3, -0.25) is 0 Å². The molecule has 0 fully saturated rings. The number of rotatable bonds is 9. The number of fused-ring (bicyclic) bond motifs is 15. The fourth-order valence-electron chi connectivity index (χ4n) is 13.5. The van der Waals surface area contributed by atoms with E-state index in [1.54, 1.807) is 12.1 Å². The maximum absolute atomic E-state index is 14.3. The van der Waals surface area contributed by atoms with Crippen molar-refractivity contribution in [3.05, 3.63) is 278 Å². The summed E-state index contributed by atoms with van der Waals surface area (Å²) in [5, 5.41) is 17.2. The third-order valence-electron chi connectivity index (χ3n) is 17.3. The molecule has 0 spiro atoms. The van der Waals surface area contributed by atoms with E-state index in [0.29, 0.717) is 23.0 Å². The van der Waals surface area contributed by atoms with Gasteiger partial charge >= 0.3 is 0 Å². The lowest BCUT2D eigenvalue weighted by molar-refractivity contribution is 0.596. The molecule has 10 nitrogen and oxygen atoms in total. The Labute approximate surface area is 499 Å². The number of aromatic nitrogens is 7. The minimum absolute atomic E-state index is 0.122. The van der Waals surface area contributed by atoms with Crippen LogP contribution >= 0.6 is 0 Å². The number of benzene rings is 11. The zero-order valence-corrected chi connectivity index (χ0v) is 47.4. The molecule has 5 heterocycles. The molecule has 87 heavy (non-hydrogen) atoms. The normalized spacial score (nSPS) is 12.5. The van der Waals surface area contributed by atoms with Crippen LogP contribution in [0.2, 0.25) is 0 Å². The SMILES string of the molecule is N#Cc1ccc(S(=O)(=O)c2ccc(-n3c4ccccc4c4c5c(c6ccccc6n5-c5ccc(-n6c7c(c8ccccc86)CCC=C7)cc5)c5c(c6ccccc6n5-c5ccc(-c6nc(-c7ccccc7)nc(-c7ccccc7)n6)cc5)c43)cc2)cc1. The molecule has 0 radical (unpaired) electrons. The van der Waals surface area contributed by atoms with E-state index in [4.69, 9.17) is 15.0 Å². The average molecular weight is 1140 g/mol. The van der Waals surface area contributed by atoms with Crippen molar-refractivity contribution in [3.8, 4) is 63.0 Å². The average Bonchev–Trinajstić information content (AvgIpc) is 1.52. The lowest BCUT2D eigenvalue weighted by atomic mass is 10.0. The molecule has 0 bridgehead atoms. The minimum atomic E-state index is -3.93. The Morgan fingerprint density at radius 1 is 0.368 bits per heavy atom. The van der Waals surface area contributed by atoms with Crippen molar-refractivity contribution in [3.63, 3.8) is 0 Å². The molecule has 0 saturated carbocycles. The van der Waals surface area contributed by atoms with E-state index in [2.05, 4.69) is 182 Å². The van der Waals surface area contributed by atoms with Crippen molar-refractivity contribution in [2.24, 2.45) is 0 Å². The molecule has 1 aliphatic carbocycles. The van der Waals surface area contributed by atoms with Gasteiger partial charge in [-0.1, -0.05) is 140 Å². The maximum atomic E-state index is 14.3. The van der Waals surface area contributed by atoms with Gasteiger partial charge in [0.1, 0.15) is 0 Å². The predicted octanol–water partition coefficient (Wildman–Crippen LogP) is 17.8. The molecule has 0 saturated heterocycles. The van der Waals surface area contributed by atoms with Crippen molar-refractivity contribution >= 4 is 92.2 Å². The van der Waals surface area contributed by atoms with E-state index in [9.17, 15) is 13.7 Å². The molecule has 11 heteroatoms. The quantitative estimate of drug-likeness (QED) is 0.142. The third kappa shape index (κ3) is 7.71. The van der Waals surface area contributed by atoms with Crippen molar-refractivity contribution < 1.29 is 8.42 Å². The molecule has 11 aromatic carbocycles. The summed E-state index contributed by atoms with van der Waals surface area (Å²) in [7, 11) is -3.93. The van der Waals surface area contributed by atoms with Crippen LogP contribution in [0.4, 0.5) is 0 Å². The second kappa shape index (κ2) is 19.6. The lowest BCUT2D eigenvalue weighted by Gasteiger charge is -2.15. The van der Waals surface area contributed by atoms with Crippen LogP contribution in [0.15, 0.2) is 271 Å². The summed E-state index contributed by atoms with van der Waals surface area (Å²) in [5.41, 5.74) is 16.8. The molecular formula is C76H48N8O2S. The number of nitriles is 1. The van der Waals surface area contributed by atoms with Crippen molar-refractivity contribution in [2.45, 2.75) is 22.6 Å². The Balaban J connectivity index is 0.944. The van der Waals surface area contributed by atoms with Crippen molar-refractivity contribution in [1.82, 2.24) is 33.2 Å². The van der Waals surface area contributed by atoms with E-state index in [0.717, 1.165) is 118 Å². The summed E-state index contributed by atoms with van der Waals surface area (Å²) >= 11 is 0. The van der Waals surface area contributed by atoms with Gasteiger partial charge in [0.15, 0.2) is 17.5 Å². The summed E-state index contributed by atoms with van der Waals surface area (Å²) in [6, 6.07) is 87.8. The first-order valence-corrected chi connectivity index (χ1v) is 30.5. The number of hydrogen-bond donors (Lipinski definition) is 0. The monoisotopic (exact) mass is 1140 g/mol. The highest BCUT2D eigenvalue weighted by molar-refractivity contribution is 7.91. The van der Waals surface area contributed by atoms with Gasteiger partial charge in [-0.2, -0.15) is 5.26 Å². The molecule has 0 aliphatic heterocycles. The van der Waals surface area contributed by atoms with Crippen LogP contribution in [-0.2, 0) is 16.3 Å².